The van der Waals surface area contributed by atoms with Crippen LogP contribution in [0.1, 0.15) is 17.2 Å². The molecule has 2 aromatic carbocycles. The summed E-state index contributed by atoms with van der Waals surface area (Å²) >= 11 is 0. The highest BCUT2D eigenvalue weighted by molar-refractivity contribution is 5.96. The standard InChI is InChI=1S/C16H13NO2/c18-16-14(11-12-7-3-1-4-8-12)15(17-19-16)13-9-5-2-6-10-13/h1-11,15,17H/b14-11-. The van der Waals surface area contributed by atoms with Crippen molar-refractivity contribution < 1.29 is 9.63 Å². The van der Waals surface area contributed by atoms with Crippen molar-refractivity contribution in [2.24, 2.45) is 0 Å². The molecular weight excluding hydrogens is 238 g/mol. The fourth-order valence-corrected chi connectivity index (χ4v) is 2.12. The molecule has 0 amide bonds. The number of hydrogen-bond donors (Lipinski definition) is 1. The van der Waals surface area contributed by atoms with Gasteiger partial charge < -0.3 is 4.84 Å². The Bertz CT molecular complexity index is 605. The molecule has 3 nitrogen and oxygen atoms in total. The first-order chi connectivity index (χ1) is 9.34. The van der Waals surface area contributed by atoms with Gasteiger partial charge >= 0.3 is 5.97 Å². The quantitative estimate of drug-likeness (QED) is 0.834. The largest absolute Gasteiger partial charge is 0.366 e. The molecule has 3 heteroatoms. The molecule has 0 aliphatic carbocycles. The Balaban J connectivity index is 1.98. The molecule has 1 aliphatic heterocycles. The maximum atomic E-state index is 11.8. The minimum Gasteiger partial charge on any atom is -0.366 e. The summed E-state index contributed by atoms with van der Waals surface area (Å²) in [5, 5.41) is 0. The third-order valence-electron chi connectivity index (χ3n) is 3.07. The van der Waals surface area contributed by atoms with Crippen molar-refractivity contribution in [2.75, 3.05) is 0 Å². The second-order valence-corrected chi connectivity index (χ2v) is 4.36. The van der Waals surface area contributed by atoms with Crippen molar-refractivity contribution >= 4 is 12.0 Å². The van der Waals surface area contributed by atoms with Crippen molar-refractivity contribution in [3.8, 4) is 0 Å². The second kappa shape index (κ2) is 5.08. The van der Waals surface area contributed by atoms with Gasteiger partial charge in [-0.25, -0.2) is 4.79 Å². The molecule has 94 valence electrons. The number of carbonyl (C=O) groups excluding carboxylic acids is 1. The molecule has 1 unspecified atom stereocenters. The van der Waals surface area contributed by atoms with Gasteiger partial charge in [0.05, 0.1) is 5.57 Å². The Kier molecular flexibility index (Phi) is 3.12. The SMILES string of the molecule is O=C1ONC(c2ccccc2)/C1=C/c1ccccc1. The van der Waals surface area contributed by atoms with Gasteiger partial charge in [0.25, 0.3) is 0 Å². The zero-order valence-electron chi connectivity index (χ0n) is 10.2. The van der Waals surface area contributed by atoms with Gasteiger partial charge in [-0.1, -0.05) is 60.7 Å². The first kappa shape index (κ1) is 11.7. The average molecular weight is 251 g/mol. The summed E-state index contributed by atoms with van der Waals surface area (Å²) in [5.41, 5.74) is 5.39. The van der Waals surface area contributed by atoms with E-state index >= 15 is 0 Å². The molecule has 3 rings (SSSR count). The van der Waals surface area contributed by atoms with Crippen LogP contribution in [-0.4, -0.2) is 5.97 Å². The molecule has 1 N–H and O–H groups in total. The van der Waals surface area contributed by atoms with E-state index in [2.05, 4.69) is 5.48 Å². The molecule has 0 radical (unpaired) electrons. The topological polar surface area (TPSA) is 38.3 Å². The molecule has 1 atom stereocenters. The van der Waals surface area contributed by atoms with Gasteiger partial charge in [0.1, 0.15) is 6.04 Å². The van der Waals surface area contributed by atoms with Crippen LogP contribution in [0.3, 0.4) is 0 Å². The zero-order valence-corrected chi connectivity index (χ0v) is 10.2. The van der Waals surface area contributed by atoms with Gasteiger partial charge in [0.2, 0.25) is 0 Å². The maximum absolute atomic E-state index is 11.8. The van der Waals surface area contributed by atoms with Crippen LogP contribution in [0.5, 0.6) is 0 Å². The van der Waals surface area contributed by atoms with E-state index in [0.717, 1.165) is 11.1 Å². The smallest absolute Gasteiger partial charge is 0.354 e. The van der Waals surface area contributed by atoms with Gasteiger partial charge in [-0.05, 0) is 17.2 Å². The number of rotatable bonds is 2. The summed E-state index contributed by atoms with van der Waals surface area (Å²) in [4.78, 5) is 16.8. The number of hydroxylamine groups is 1. The van der Waals surface area contributed by atoms with Crippen LogP contribution < -0.4 is 5.48 Å². The highest BCUT2D eigenvalue weighted by atomic mass is 16.7. The molecule has 0 aromatic heterocycles. The van der Waals surface area contributed by atoms with Crippen molar-refractivity contribution in [1.29, 1.82) is 0 Å². The van der Waals surface area contributed by atoms with E-state index in [-0.39, 0.29) is 12.0 Å². The molecule has 1 heterocycles. The third-order valence-corrected chi connectivity index (χ3v) is 3.07. The lowest BCUT2D eigenvalue weighted by Gasteiger charge is -2.08. The Hall–Kier alpha value is -2.39. The minimum absolute atomic E-state index is 0.214. The van der Waals surface area contributed by atoms with E-state index < -0.39 is 0 Å². The molecule has 1 fully saturated rings. The monoisotopic (exact) mass is 251 g/mol. The Labute approximate surface area is 111 Å². The molecule has 2 aromatic rings. The van der Waals surface area contributed by atoms with Gasteiger partial charge in [-0.3, -0.25) is 0 Å². The summed E-state index contributed by atoms with van der Waals surface area (Å²) in [6, 6.07) is 19.3. The first-order valence-corrected chi connectivity index (χ1v) is 6.13. The Morgan fingerprint density at radius 1 is 0.947 bits per heavy atom. The molecule has 0 saturated carbocycles. The second-order valence-electron chi connectivity index (χ2n) is 4.36. The summed E-state index contributed by atoms with van der Waals surface area (Å²) in [6.07, 6.45) is 1.86. The fourth-order valence-electron chi connectivity index (χ4n) is 2.12. The molecular formula is C16H13NO2. The first-order valence-electron chi connectivity index (χ1n) is 6.13. The van der Waals surface area contributed by atoms with Gasteiger partial charge in [-0.2, -0.15) is 0 Å². The number of nitrogens with one attached hydrogen (secondary N) is 1. The molecule has 19 heavy (non-hydrogen) atoms. The Morgan fingerprint density at radius 2 is 1.58 bits per heavy atom. The zero-order chi connectivity index (χ0) is 13.1. The van der Waals surface area contributed by atoms with Crippen LogP contribution in [0.4, 0.5) is 0 Å². The third kappa shape index (κ3) is 2.41. The average Bonchev–Trinajstić information content (AvgIpc) is 2.82. The van der Waals surface area contributed by atoms with E-state index in [1.54, 1.807) is 0 Å². The highest BCUT2D eigenvalue weighted by Gasteiger charge is 2.31. The van der Waals surface area contributed by atoms with Crippen molar-refractivity contribution in [1.82, 2.24) is 5.48 Å². The lowest BCUT2D eigenvalue weighted by atomic mass is 9.98. The number of hydrogen-bond acceptors (Lipinski definition) is 3. The number of benzene rings is 2. The van der Waals surface area contributed by atoms with Crippen LogP contribution in [-0.2, 0) is 9.63 Å². The molecule has 0 bridgehead atoms. The minimum atomic E-state index is -0.322. The van der Waals surface area contributed by atoms with Crippen molar-refractivity contribution in [2.45, 2.75) is 6.04 Å². The predicted molar refractivity (Wildman–Crippen MR) is 72.8 cm³/mol. The summed E-state index contributed by atoms with van der Waals surface area (Å²) in [5.74, 6) is -0.322. The lowest BCUT2D eigenvalue weighted by molar-refractivity contribution is -0.140. The molecule has 1 aliphatic rings. The van der Waals surface area contributed by atoms with Gasteiger partial charge in [0.15, 0.2) is 0 Å². The van der Waals surface area contributed by atoms with Crippen LogP contribution in [0.2, 0.25) is 0 Å². The fraction of sp³-hybridized carbons (Fsp3) is 0.0625. The van der Waals surface area contributed by atoms with E-state index in [1.165, 1.54) is 0 Å². The Morgan fingerprint density at radius 3 is 2.26 bits per heavy atom. The van der Waals surface area contributed by atoms with Crippen molar-refractivity contribution in [3.63, 3.8) is 0 Å². The van der Waals surface area contributed by atoms with Crippen LogP contribution in [0.15, 0.2) is 66.2 Å². The van der Waals surface area contributed by atoms with Crippen LogP contribution in [0.25, 0.3) is 6.08 Å². The van der Waals surface area contributed by atoms with Crippen LogP contribution >= 0.6 is 0 Å². The molecule has 1 saturated heterocycles. The highest BCUT2D eigenvalue weighted by Crippen LogP contribution is 2.28. The summed E-state index contributed by atoms with van der Waals surface area (Å²) in [6.45, 7) is 0. The lowest BCUT2D eigenvalue weighted by Crippen LogP contribution is -2.12. The summed E-state index contributed by atoms with van der Waals surface area (Å²) in [7, 11) is 0. The molecule has 0 spiro atoms. The van der Waals surface area contributed by atoms with E-state index in [9.17, 15) is 4.79 Å². The van der Waals surface area contributed by atoms with E-state index in [4.69, 9.17) is 4.84 Å². The van der Waals surface area contributed by atoms with E-state index in [1.807, 2.05) is 66.7 Å². The number of carbonyl (C=O) groups is 1. The van der Waals surface area contributed by atoms with Gasteiger partial charge in [-0.15, -0.1) is 5.48 Å². The van der Waals surface area contributed by atoms with E-state index in [0.29, 0.717) is 5.57 Å². The predicted octanol–water partition coefficient (Wildman–Crippen LogP) is 2.87. The van der Waals surface area contributed by atoms with Crippen LogP contribution in [0, 0.1) is 0 Å². The maximum Gasteiger partial charge on any atom is 0.354 e. The van der Waals surface area contributed by atoms with Crippen molar-refractivity contribution in [3.05, 3.63) is 77.4 Å². The summed E-state index contributed by atoms with van der Waals surface area (Å²) < 4.78 is 0. The normalized spacial score (nSPS) is 20.5. The van der Waals surface area contributed by atoms with Gasteiger partial charge in [0, 0.05) is 0 Å².